The van der Waals surface area contributed by atoms with Crippen molar-refractivity contribution in [2.75, 3.05) is 66.6 Å². The molecule has 0 aliphatic heterocycles. The lowest BCUT2D eigenvalue weighted by Gasteiger charge is -2.37. The van der Waals surface area contributed by atoms with Crippen LogP contribution in [0, 0.1) is 88.8 Å². The maximum Gasteiger partial charge on any atom is 0.428 e. The largest absolute Gasteiger partial charge is 0.502 e. The van der Waals surface area contributed by atoms with Crippen LogP contribution in [0.25, 0.3) is 0 Å². The van der Waals surface area contributed by atoms with Gasteiger partial charge in [0.05, 0.1) is 64.4 Å². The van der Waals surface area contributed by atoms with Gasteiger partial charge in [0.2, 0.25) is 0 Å². The Hall–Kier alpha value is -3.74. The molecule has 0 aromatic heterocycles. The van der Waals surface area contributed by atoms with Crippen molar-refractivity contribution in [2.24, 2.45) is 88.8 Å². The van der Waals surface area contributed by atoms with Gasteiger partial charge in [0.15, 0.2) is 0 Å². The van der Waals surface area contributed by atoms with E-state index in [4.69, 9.17) is 34.6 Å². The number of allylic oxidation sites excluding steroid dienone is 5. The minimum Gasteiger partial charge on any atom is -0.502 e. The van der Waals surface area contributed by atoms with E-state index in [-0.39, 0.29) is 50.6 Å². The third-order valence-electron chi connectivity index (χ3n) is 20.0. The lowest BCUT2D eigenvalue weighted by atomic mass is 9.69. The molecule has 35 heteroatoms. The molecule has 10 rings (SSSR count). The molecular formula is C59H74F24O11. The van der Waals surface area contributed by atoms with Gasteiger partial charge in [-0.15, -0.1) is 0 Å². The first-order valence-electron chi connectivity index (χ1n) is 29.9. The highest BCUT2D eigenvalue weighted by Gasteiger charge is 2.74. The molecule has 11 nitrogen and oxygen atoms in total. The zero-order chi connectivity index (χ0) is 70.9. The number of hydrogen-bond acceptors (Lipinski definition) is 11. The molecule has 7 fully saturated rings. The second kappa shape index (κ2) is 29.6. The minimum atomic E-state index is -5.87. The van der Waals surface area contributed by atoms with Crippen molar-refractivity contribution < 1.29 is 159 Å². The maximum absolute atomic E-state index is 12.7. The predicted octanol–water partition coefficient (Wildman–Crippen LogP) is 14.1. The first-order valence-corrected chi connectivity index (χ1v) is 29.9. The van der Waals surface area contributed by atoms with Gasteiger partial charge in [0.1, 0.15) is 6.61 Å². The molecule has 0 radical (unpaired) electrons. The Bertz CT molecular complexity index is 2480. The van der Waals surface area contributed by atoms with Gasteiger partial charge in [-0.1, -0.05) is 49.6 Å². The van der Waals surface area contributed by atoms with Crippen LogP contribution in [0.4, 0.5) is 105 Å². The van der Waals surface area contributed by atoms with E-state index in [0.717, 1.165) is 67.3 Å². The van der Waals surface area contributed by atoms with Crippen molar-refractivity contribution in [2.45, 2.75) is 148 Å². The highest BCUT2D eigenvalue weighted by atomic mass is 19.4. The summed E-state index contributed by atoms with van der Waals surface area (Å²) in [5.74, 6) is 8.94. The van der Waals surface area contributed by atoms with Crippen molar-refractivity contribution in [3.63, 3.8) is 0 Å². The SMILES string of the molecule is C=COCCCCOCC(O)(C(F)(F)F)C(F)(F)F.C=COCCOCC(O)(C(F)(F)F)C(F)(F)F.COC1CC2CC1C1C3C=CC(C3)C21.OC(COC1CC2C=CC1C2)(C(F)(F)F)C(F)(F)F.OC(COCC1CC2CC1C1C3C=CC(C3)C21)(C(F)(F)F)C(F)(F)F. The topological polar surface area (TPSA) is 146 Å². The predicted molar refractivity (Wildman–Crippen MR) is 279 cm³/mol. The van der Waals surface area contributed by atoms with Gasteiger partial charge in [-0.25, -0.2) is 0 Å². The Kier molecular flexibility index (Phi) is 25.0. The zero-order valence-corrected chi connectivity index (χ0v) is 50.0. The first-order chi connectivity index (χ1) is 43.1. The fraction of sp³-hybridized carbons (Fsp3) is 0.831. The Morgan fingerprint density at radius 3 is 1.16 bits per heavy atom. The molecule has 10 aliphatic rings. The normalized spacial score (nSPS) is 32.1. The second-order valence-corrected chi connectivity index (χ2v) is 25.5. The summed E-state index contributed by atoms with van der Waals surface area (Å²) < 4.78 is 329. The molecule has 0 saturated heterocycles. The fourth-order valence-electron chi connectivity index (χ4n) is 15.5. The van der Waals surface area contributed by atoms with Gasteiger partial charge in [-0.05, 0) is 147 Å². The Morgan fingerprint density at radius 2 is 0.745 bits per heavy atom. The average molecular weight is 1420 g/mol. The first kappa shape index (κ1) is 79.2. The molecule has 0 spiro atoms. The minimum absolute atomic E-state index is 0.00952. The number of hydrogen-bond donors (Lipinski definition) is 4. The van der Waals surface area contributed by atoms with Gasteiger partial charge < -0.3 is 53.6 Å². The highest BCUT2D eigenvalue weighted by molar-refractivity contribution is 5.22. The van der Waals surface area contributed by atoms with E-state index in [1.165, 1.54) is 19.3 Å². The lowest BCUT2D eigenvalue weighted by molar-refractivity contribution is -0.380. The molecule has 94 heavy (non-hydrogen) atoms. The average Bonchev–Trinajstić information content (AvgIpc) is 1.56. The van der Waals surface area contributed by atoms with Crippen molar-refractivity contribution >= 4 is 0 Å². The van der Waals surface area contributed by atoms with Crippen molar-refractivity contribution in [1.82, 2.24) is 0 Å². The van der Waals surface area contributed by atoms with Crippen LogP contribution in [-0.2, 0) is 33.2 Å². The molecule has 4 N–H and O–H groups in total. The summed E-state index contributed by atoms with van der Waals surface area (Å²) in [6.07, 6.45) is -22.7. The van der Waals surface area contributed by atoms with Crippen LogP contribution in [0.5, 0.6) is 0 Å². The van der Waals surface area contributed by atoms with Crippen molar-refractivity contribution in [1.29, 1.82) is 0 Å². The third-order valence-corrected chi connectivity index (χ3v) is 20.0. The van der Waals surface area contributed by atoms with Crippen LogP contribution in [0.1, 0.15) is 64.2 Å². The summed E-state index contributed by atoms with van der Waals surface area (Å²) in [5.41, 5.74) is -19.4. The van der Waals surface area contributed by atoms with Gasteiger partial charge in [-0.3, -0.25) is 0 Å². The third kappa shape index (κ3) is 16.8. The Morgan fingerprint density at radius 1 is 0.372 bits per heavy atom. The molecule has 7 saturated carbocycles. The summed E-state index contributed by atoms with van der Waals surface area (Å²) in [6, 6.07) is 0. The second-order valence-electron chi connectivity index (χ2n) is 25.5. The molecule has 17 atom stereocenters. The van der Waals surface area contributed by atoms with Crippen LogP contribution in [0.2, 0.25) is 0 Å². The van der Waals surface area contributed by atoms with E-state index in [9.17, 15) is 105 Å². The van der Waals surface area contributed by atoms with Crippen molar-refractivity contribution in [3.8, 4) is 0 Å². The van der Waals surface area contributed by atoms with E-state index < -0.39 is 111 Å². The quantitative estimate of drug-likeness (QED) is 0.0270. The number of unbranched alkanes of at least 4 members (excludes halogenated alkanes) is 1. The van der Waals surface area contributed by atoms with Crippen LogP contribution in [0.15, 0.2) is 62.1 Å². The van der Waals surface area contributed by atoms with Gasteiger partial charge in [0.25, 0.3) is 22.4 Å². The summed E-state index contributed by atoms with van der Waals surface area (Å²) >= 11 is 0. The van der Waals surface area contributed by atoms with Gasteiger partial charge >= 0.3 is 49.4 Å². The monoisotopic (exact) mass is 1410 g/mol. The Balaban J connectivity index is 0.000000188. The maximum atomic E-state index is 12.7. The molecule has 17 unspecified atom stereocenters. The van der Waals surface area contributed by atoms with E-state index in [1.54, 1.807) is 6.08 Å². The molecule has 10 aliphatic carbocycles. The highest BCUT2D eigenvalue weighted by Crippen LogP contribution is 2.68. The molecule has 0 amide bonds. The van der Waals surface area contributed by atoms with E-state index in [1.807, 2.05) is 13.2 Å². The van der Waals surface area contributed by atoms with E-state index in [0.29, 0.717) is 60.9 Å². The number of alkyl halides is 24. The lowest BCUT2D eigenvalue weighted by Crippen LogP contribution is -2.60. The summed E-state index contributed by atoms with van der Waals surface area (Å²) in [7, 11) is 1.91. The van der Waals surface area contributed by atoms with Gasteiger partial charge in [0, 0.05) is 26.2 Å². The summed E-state index contributed by atoms with van der Waals surface area (Å²) in [5, 5.41) is 35.4. The molecule has 0 heterocycles. The number of halogens is 24. The van der Waals surface area contributed by atoms with E-state index in [2.05, 4.69) is 56.4 Å². The number of aliphatic hydroxyl groups is 4. The van der Waals surface area contributed by atoms with Crippen LogP contribution in [-0.4, -0.2) is 171 Å². The number of rotatable bonds is 22. The smallest absolute Gasteiger partial charge is 0.428 e. The molecule has 0 aromatic carbocycles. The molecule has 0 aromatic rings. The van der Waals surface area contributed by atoms with Crippen LogP contribution < -0.4 is 0 Å². The van der Waals surface area contributed by atoms with Crippen LogP contribution in [0.3, 0.4) is 0 Å². The zero-order valence-electron chi connectivity index (χ0n) is 50.0. The van der Waals surface area contributed by atoms with Gasteiger partial charge in [-0.2, -0.15) is 105 Å². The number of fused-ring (bicyclic) bond motifs is 20. The van der Waals surface area contributed by atoms with Crippen LogP contribution >= 0.6 is 0 Å². The number of ether oxygens (including phenoxy) is 7. The number of methoxy groups -OCH3 is 1. The standard InChI is InChI=1S/C17H20F6O2.C13H18O.C11H12F6O2.C10H14F6O3.C8H10F6O3/c18-16(19,20)15(24,17(21,22)23)7-25-6-11-4-10-5-12(11)14-9-2-1-8(3-9)13(10)14;1-14-11-6-9-5-10(11)13-8-3-2-7(4-8)12(9)13;12-10(13,14)9(18,11(15,16)17)5-19-8-4-6-1-2-7(8)3-6;1-2-18-5-3-4-6-19-7-8(17,9(11,12)13)10(14,15)16;1-2-16-3-4-17-5-6(15,7(9,10)11)8(12,13)14/h1-2,8-14,24H,3-7H2;2-3,7-13H,4-6H2,1H3;1-2,6-8,18H,3-5H2;2,17H,1,3-7H2;2,15H,1,3-5H2. The van der Waals surface area contributed by atoms with Crippen molar-refractivity contribution in [3.05, 3.63) is 62.1 Å². The molecule has 10 bridgehead atoms. The Labute approximate surface area is 523 Å². The summed E-state index contributed by atoms with van der Waals surface area (Å²) in [4.78, 5) is 0. The summed E-state index contributed by atoms with van der Waals surface area (Å²) in [6.45, 7) is -2.19. The van der Waals surface area contributed by atoms with E-state index >= 15 is 0 Å². The fourth-order valence-corrected chi connectivity index (χ4v) is 15.5. The molecular weight excluding hydrogens is 1340 g/mol. The molecule has 544 valence electrons.